The zero-order valence-corrected chi connectivity index (χ0v) is 16.9. The van der Waals surface area contributed by atoms with Crippen LogP contribution in [0.1, 0.15) is 51.9 Å². The molecule has 0 aliphatic heterocycles. The summed E-state index contributed by atoms with van der Waals surface area (Å²) in [4.78, 5) is 12.3. The normalized spacial score (nSPS) is 32.1. The standard InChI is InChI=1S/C22H31ClN2O2/c1-15(22-12-16-9-17(13-22)11-18(10-16)14-22)25-21(26)24-7-4-8-27-20-6-3-2-5-19(20)23/h2-3,5-6,15-18H,4,7-14H2,1H3,(H2,24,25,26). The van der Waals surface area contributed by atoms with E-state index in [1.807, 2.05) is 24.3 Å². The van der Waals surface area contributed by atoms with E-state index in [2.05, 4.69) is 17.6 Å². The molecule has 4 aliphatic rings. The summed E-state index contributed by atoms with van der Waals surface area (Å²) in [6.07, 6.45) is 8.99. The van der Waals surface area contributed by atoms with E-state index in [9.17, 15) is 4.79 Å². The SMILES string of the molecule is CC(NC(=O)NCCCOc1ccccc1Cl)C12CC3CC(CC(C3)C1)C2. The molecule has 5 heteroatoms. The van der Waals surface area contributed by atoms with Crippen LogP contribution in [0.4, 0.5) is 4.79 Å². The highest BCUT2D eigenvalue weighted by Crippen LogP contribution is 2.61. The lowest BCUT2D eigenvalue weighted by Crippen LogP contribution is -2.57. The molecule has 1 atom stereocenters. The average Bonchev–Trinajstić information content (AvgIpc) is 2.61. The monoisotopic (exact) mass is 390 g/mol. The van der Waals surface area contributed by atoms with E-state index >= 15 is 0 Å². The molecule has 0 aromatic heterocycles. The van der Waals surface area contributed by atoms with E-state index in [1.54, 1.807) is 0 Å². The number of carbonyl (C=O) groups is 1. The summed E-state index contributed by atoms with van der Waals surface area (Å²) >= 11 is 6.07. The summed E-state index contributed by atoms with van der Waals surface area (Å²) in [6.45, 7) is 3.35. The van der Waals surface area contributed by atoms with Crippen LogP contribution >= 0.6 is 11.6 Å². The highest BCUT2D eigenvalue weighted by atomic mass is 35.5. The van der Waals surface area contributed by atoms with Gasteiger partial charge in [0.05, 0.1) is 11.6 Å². The molecule has 1 aromatic carbocycles. The van der Waals surface area contributed by atoms with Crippen LogP contribution in [-0.2, 0) is 0 Å². The molecule has 27 heavy (non-hydrogen) atoms. The zero-order chi connectivity index (χ0) is 18.9. The molecular weight excluding hydrogens is 360 g/mol. The van der Waals surface area contributed by atoms with Gasteiger partial charge in [0.25, 0.3) is 0 Å². The molecule has 1 unspecified atom stereocenters. The highest BCUT2D eigenvalue weighted by Gasteiger charge is 2.53. The molecule has 4 aliphatic carbocycles. The summed E-state index contributed by atoms with van der Waals surface area (Å²) in [5.74, 6) is 3.42. The molecule has 2 amide bonds. The topological polar surface area (TPSA) is 50.4 Å². The van der Waals surface area contributed by atoms with Gasteiger partial charge in [0.15, 0.2) is 0 Å². The first kappa shape index (κ1) is 18.9. The van der Waals surface area contributed by atoms with Crippen molar-refractivity contribution in [1.82, 2.24) is 10.6 Å². The lowest BCUT2D eigenvalue weighted by atomic mass is 9.48. The average molecular weight is 391 g/mol. The molecule has 4 fully saturated rings. The van der Waals surface area contributed by atoms with Crippen LogP contribution in [0.15, 0.2) is 24.3 Å². The third-order valence-electron chi connectivity index (χ3n) is 7.05. The van der Waals surface area contributed by atoms with Crippen molar-refractivity contribution in [3.8, 4) is 5.75 Å². The fraction of sp³-hybridized carbons (Fsp3) is 0.682. The van der Waals surface area contributed by atoms with Gasteiger partial charge in [-0.1, -0.05) is 23.7 Å². The van der Waals surface area contributed by atoms with Gasteiger partial charge in [-0.3, -0.25) is 0 Å². The minimum atomic E-state index is -0.0454. The van der Waals surface area contributed by atoms with E-state index in [1.165, 1.54) is 38.5 Å². The molecule has 4 saturated carbocycles. The zero-order valence-electron chi connectivity index (χ0n) is 16.2. The number of carbonyl (C=O) groups excluding carboxylic acids is 1. The van der Waals surface area contributed by atoms with Crippen molar-refractivity contribution in [2.24, 2.45) is 23.2 Å². The second-order valence-electron chi connectivity index (χ2n) is 9.03. The second kappa shape index (κ2) is 7.90. The summed E-state index contributed by atoms with van der Waals surface area (Å²) < 4.78 is 5.66. The van der Waals surface area contributed by atoms with Crippen LogP contribution in [0.5, 0.6) is 5.75 Å². The number of para-hydroxylation sites is 1. The van der Waals surface area contributed by atoms with E-state index < -0.39 is 0 Å². The molecule has 4 bridgehead atoms. The predicted octanol–water partition coefficient (Wildman–Crippen LogP) is 5.01. The smallest absolute Gasteiger partial charge is 0.315 e. The van der Waals surface area contributed by atoms with Crippen LogP contribution in [0.25, 0.3) is 0 Å². The molecule has 0 spiro atoms. The molecule has 0 saturated heterocycles. The minimum Gasteiger partial charge on any atom is -0.492 e. The first-order valence-corrected chi connectivity index (χ1v) is 10.8. The van der Waals surface area contributed by atoms with Gasteiger partial charge in [-0.2, -0.15) is 0 Å². The van der Waals surface area contributed by atoms with E-state index in [0.29, 0.717) is 29.3 Å². The van der Waals surface area contributed by atoms with Gasteiger partial charge in [0.1, 0.15) is 5.75 Å². The first-order valence-electron chi connectivity index (χ1n) is 10.5. The Balaban J connectivity index is 1.18. The van der Waals surface area contributed by atoms with Crippen LogP contribution in [-0.4, -0.2) is 25.2 Å². The second-order valence-corrected chi connectivity index (χ2v) is 9.44. The molecule has 148 valence electrons. The van der Waals surface area contributed by atoms with Crippen molar-refractivity contribution in [3.05, 3.63) is 29.3 Å². The number of urea groups is 1. The Labute approximate surface area is 167 Å². The van der Waals surface area contributed by atoms with E-state index in [-0.39, 0.29) is 12.1 Å². The highest BCUT2D eigenvalue weighted by molar-refractivity contribution is 6.32. The number of rotatable bonds is 7. The third kappa shape index (κ3) is 4.21. The molecule has 2 N–H and O–H groups in total. The number of hydrogen-bond acceptors (Lipinski definition) is 2. The number of benzene rings is 1. The Morgan fingerprint density at radius 2 is 1.81 bits per heavy atom. The van der Waals surface area contributed by atoms with Crippen LogP contribution in [0, 0.1) is 23.2 Å². The molecule has 5 rings (SSSR count). The lowest BCUT2D eigenvalue weighted by molar-refractivity contribution is -0.0682. The van der Waals surface area contributed by atoms with Gasteiger partial charge in [-0.05, 0) is 87.2 Å². The van der Waals surface area contributed by atoms with Crippen LogP contribution < -0.4 is 15.4 Å². The number of nitrogens with one attached hydrogen (secondary N) is 2. The molecular formula is C22H31ClN2O2. The maximum atomic E-state index is 12.3. The minimum absolute atomic E-state index is 0.0454. The number of hydrogen-bond donors (Lipinski definition) is 2. The Hall–Kier alpha value is -1.42. The molecule has 0 heterocycles. The maximum Gasteiger partial charge on any atom is 0.315 e. The Kier molecular flexibility index (Phi) is 5.54. The van der Waals surface area contributed by atoms with Crippen molar-refractivity contribution < 1.29 is 9.53 Å². The van der Waals surface area contributed by atoms with Gasteiger partial charge in [0.2, 0.25) is 0 Å². The summed E-state index contributed by atoms with van der Waals surface area (Å²) in [5.41, 5.74) is 0.346. The number of halogens is 1. The predicted molar refractivity (Wildman–Crippen MR) is 108 cm³/mol. The Bertz CT molecular complexity index is 643. The first-order chi connectivity index (χ1) is 13.0. The van der Waals surface area contributed by atoms with Gasteiger partial charge in [-0.15, -0.1) is 0 Å². The van der Waals surface area contributed by atoms with Gasteiger partial charge in [0, 0.05) is 12.6 Å². The van der Waals surface area contributed by atoms with Crippen molar-refractivity contribution >= 4 is 17.6 Å². The van der Waals surface area contributed by atoms with Gasteiger partial charge < -0.3 is 15.4 Å². The van der Waals surface area contributed by atoms with Gasteiger partial charge in [-0.25, -0.2) is 4.79 Å². The van der Waals surface area contributed by atoms with Crippen molar-refractivity contribution in [2.45, 2.75) is 57.9 Å². The number of ether oxygens (including phenoxy) is 1. The summed E-state index contributed by atoms with van der Waals surface area (Å²) in [7, 11) is 0. The Morgan fingerprint density at radius 3 is 2.44 bits per heavy atom. The summed E-state index contributed by atoms with van der Waals surface area (Å²) in [6, 6.07) is 7.66. The fourth-order valence-electron chi connectivity index (χ4n) is 6.13. The third-order valence-corrected chi connectivity index (χ3v) is 7.36. The van der Waals surface area contributed by atoms with Crippen molar-refractivity contribution in [1.29, 1.82) is 0 Å². The Morgan fingerprint density at radius 1 is 1.19 bits per heavy atom. The van der Waals surface area contributed by atoms with Crippen molar-refractivity contribution in [2.75, 3.05) is 13.2 Å². The van der Waals surface area contributed by atoms with Gasteiger partial charge >= 0.3 is 6.03 Å². The van der Waals surface area contributed by atoms with E-state index in [4.69, 9.17) is 16.3 Å². The molecule has 1 aromatic rings. The lowest BCUT2D eigenvalue weighted by Gasteiger charge is -2.59. The van der Waals surface area contributed by atoms with Crippen LogP contribution in [0.2, 0.25) is 5.02 Å². The quantitative estimate of drug-likeness (QED) is 0.642. The maximum absolute atomic E-state index is 12.3. The van der Waals surface area contributed by atoms with Crippen LogP contribution in [0.3, 0.4) is 0 Å². The van der Waals surface area contributed by atoms with E-state index in [0.717, 1.165) is 24.2 Å². The molecule has 4 nitrogen and oxygen atoms in total. The molecule has 0 radical (unpaired) electrons. The fourth-order valence-corrected chi connectivity index (χ4v) is 6.32. The van der Waals surface area contributed by atoms with Crippen molar-refractivity contribution in [3.63, 3.8) is 0 Å². The largest absolute Gasteiger partial charge is 0.492 e. The summed E-state index contributed by atoms with van der Waals surface area (Å²) in [5, 5.41) is 6.84. The number of amides is 2.